The van der Waals surface area contributed by atoms with Crippen LogP contribution in [0.4, 0.5) is 5.69 Å². The van der Waals surface area contributed by atoms with Gasteiger partial charge in [-0.15, -0.1) is 0 Å². The van der Waals surface area contributed by atoms with E-state index in [0.717, 1.165) is 10.8 Å². The zero-order chi connectivity index (χ0) is 25.0. The number of anilines is 1. The Morgan fingerprint density at radius 3 is 2.63 bits per heavy atom. The highest BCUT2D eigenvalue weighted by Crippen LogP contribution is 2.63. The molecule has 2 bridgehead atoms. The smallest absolute Gasteiger partial charge is 0.312 e. The van der Waals surface area contributed by atoms with Crippen LogP contribution in [0.25, 0.3) is 10.8 Å². The van der Waals surface area contributed by atoms with Gasteiger partial charge in [0.2, 0.25) is 11.8 Å². The van der Waals surface area contributed by atoms with Gasteiger partial charge < -0.3 is 24.8 Å². The van der Waals surface area contributed by atoms with Crippen molar-refractivity contribution in [2.45, 2.75) is 63.3 Å². The number of likely N-dealkylation sites (tertiary alicyclic amines) is 1. The van der Waals surface area contributed by atoms with Crippen molar-refractivity contribution in [2.75, 3.05) is 18.5 Å². The zero-order valence-electron chi connectivity index (χ0n) is 20.3. The van der Waals surface area contributed by atoms with Gasteiger partial charge in [-0.05, 0) is 56.0 Å². The first-order chi connectivity index (χ1) is 16.8. The van der Waals surface area contributed by atoms with E-state index in [1.807, 2.05) is 56.3 Å². The average molecular weight is 481 g/mol. The molecule has 0 radical (unpaired) electrons. The zero-order valence-corrected chi connectivity index (χ0v) is 20.3. The second kappa shape index (κ2) is 8.60. The lowest BCUT2D eigenvalue weighted by Crippen LogP contribution is -2.56. The summed E-state index contributed by atoms with van der Waals surface area (Å²) >= 11 is 0. The maximum absolute atomic E-state index is 13.9. The molecule has 0 aliphatic carbocycles. The molecule has 2 aromatic rings. The molecule has 1 spiro atoms. The summed E-state index contributed by atoms with van der Waals surface area (Å²) in [5.41, 5.74) is -1.41. The van der Waals surface area contributed by atoms with E-state index < -0.39 is 41.1 Å². The first-order valence-electron chi connectivity index (χ1n) is 12.4. The van der Waals surface area contributed by atoms with Gasteiger partial charge >= 0.3 is 5.97 Å². The maximum atomic E-state index is 13.9. The number of nitrogens with one attached hydrogen (secondary N) is 1. The number of nitrogens with zero attached hydrogens (tertiary/aromatic N) is 1. The molecule has 3 heterocycles. The van der Waals surface area contributed by atoms with Crippen LogP contribution in [0.1, 0.15) is 40.0 Å². The summed E-state index contributed by atoms with van der Waals surface area (Å²) in [7, 11) is 0. The third kappa shape index (κ3) is 3.45. The van der Waals surface area contributed by atoms with Crippen molar-refractivity contribution >= 4 is 34.2 Å². The number of amides is 2. The van der Waals surface area contributed by atoms with Crippen molar-refractivity contribution in [3.05, 3.63) is 42.5 Å². The molecule has 3 aliphatic rings. The lowest BCUT2D eigenvalue weighted by molar-refractivity contribution is -0.160. The maximum Gasteiger partial charge on any atom is 0.312 e. The molecule has 5 rings (SSSR count). The summed E-state index contributed by atoms with van der Waals surface area (Å²) in [6, 6.07) is 12.0. The monoisotopic (exact) mass is 480 g/mol. The fraction of sp³-hybridized carbons (Fsp3) is 0.519. The van der Waals surface area contributed by atoms with Crippen molar-refractivity contribution in [1.29, 1.82) is 0 Å². The molecule has 186 valence electrons. The molecule has 0 saturated carbocycles. The van der Waals surface area contributed by atoms with Gasteiger partial charge in [0.1, 0.15) is 17.6 Å². The third-order valence-corrected chi connectivity index (χ3v) is 8.10. The van der Waals surface area contributed by atoms with E-state index in [1.165, 1.54) is 4.90 Å². The molecule has 2 unspecified atom stereocenters. The Labute approximate surface area is 204 Å². The number of hydrogen-bond donors (Lipinski definition) is 2. The van der Waals surface area contributed by atoms with E-state index in [9.17, 15) is 19.5 Å². The Balaban J connectivity index is 1.55. The molecule has 8 heteroatoms. The van der Waals surface area contributed by atoms with E-state index in [4.69, 9.17) is 9.47 Å². The van der Waals surface area contributed by atoms with Crippen LogP contribution in [-0.2, 0) is 23.9 Å². The van der Waals surface area contributed by atoms with Crippen LogP contribution in [0.15, 0.2) is 42.5 Å². The number of carbonyl (C=O) groups excluding carboxylic acids is 3. The summed E-state index contributed by atoms with van der Waals surface area (Å²) in [6.07, 6.45) is 1.49. The summed E-state index contributed by atoms with van der Waals surface area (Å²) in [5, 5.41) is 15.1. The molecule has 2 amide bonds. The Bertz CT molecular complexity index is 1180. The number of aliphatic hydroxyl groups excluding tert-OH is 1. The Morgan fingerprint density at radius 2 is 1.94 bits per heavy atom. The minimum Gasteiger partial charge on any atom is -0.466 e. The predicted molar refractivity (Wildman–Crippen MR) is 129 cm³/mol. The van der Waals surface area contributed by atoms with Gasteiger partial charge in [-0.2, -0.15) is 0 Å². The van der Waals surface area contributed by atoms with E-state index in [-0.39, 0.29) is 25.0 Å². The topological polar surface area (TPSA) is 105 Å². The standard InChI is InChI=1S/C27H32N2O6/c1-4-19(15-30)29-22(23(31)28-18-11-10-16-8-6-7-9-17(16)14-18)27-13-12-26(3,35-27)21(20(27)24(29)32)25(33)34-5-2/h6-11,14,19-22,30H,4-5,12-13,15H2,1-3H3,(H,28,31)/t19-,20-,21-,22?,26+,27?/m0/s1. The highest BCUT2D eigenvalue weighted by molar-refractivity contribution is 6.04. The number of carbonyl (C=O) groups is 3. The molecule has 2 N–H and O–H groups in total. The van der Waals surface area contributed by atoms with Crippen LogP contribution < -0.4 is 5.32 Å². The Kier molecular flexibility index (Phi) is 5.84. The van der Waals surface area contributed by atoms with Crippen molar-refractivity contribution in [3.8, 4) is 0 Å². The normalized spacial score (nSPS) is 32.1. The van der Waals surface area contributed by atoms with E-state index in [0.29, 0.717) is 24.9 Å². The van der Waals surface area contributed by atoms with Gasteiger partial charge in [0.15, 0.2) is 0 Å². The van der Waals surface area contributed by atoms with Crippen molar-refractivity contribution in [2.24, 2.45) is 11.8 Å². The van der Waals surface area contributed by atoms with Gasteiger partial charge in [-0.1, -0.05) is 37.3 Å². The van der Waals surface area contributed by atoms with Crippen LogP contribution in [0.2, 0.25) is 0 Å². The van der Waals surface area contributed by atoms with Gasteiger partial charge in [0, 0.05) is 5.69 Å². The number of aliphatic hydroxyl groups is 1. The largest absolute Gasteiger partial charge is 0.466 e. The Hall–Kier alpha value is -2.97. The van der Waals surface area contributed by atoms with Crippen LogP contribution >= 0.6 is 0 Å². The quantitative estimate of drug-likeness (QED) is 0.591. The predicted octanol–water partition coefficient (Wildman–Crippen LogP) is 2.88. The SMILES string of the molecule is CCOC(=O)[C@@H]1[C@H]2C(=O)N([C@@H](CC)CO)C(C(=O)Nc3ccc4ccccc4c3)C23CC[C@@]1(C)O3. The summed E-state index contributed by atoms with van der Waals surface area (Å²) in [5.74, 6) is -2.79. The second-order valence-electron chi connectivity index (χ2n) is 10.0. The third-order valence-electron chi connectivity index (χ3n) is 8.10. The van der Waals surface area contributed by atoms with E-state index in [2.05, 4.69) is 5.32 Å². The highest BCUT2D eigenvalue weighted by atomic mass is 16.6. The minimum absolute atomic E-state index is 0.198. The molecule has 2 aromatic carbocycles. The fourth-order valence-corrected chi connectivity index (χ4v) is 6.54. The van der Waals surface area contributed by atoms with E-state index in [1.54, 1.807) is 6.92 Å². The van der Waals surface area contributed by atoms with Crippen molar-refractivity contribution < 1.29 is 29.0 Å². The summed E-state index contributed by atoms with van der Waals surface area (Å²) < 4.78 is 11.9. The first-order valence-corrected chi connectivity index (χ1v) is 12.4. The van der Waals surface area contributed by atoms with Gasteiger partial charge in [-0.25, -0.2) is 0 Å². The van der Waals surface area contributed by atoms with E-state index >= 15 is 0 Å². The van der Waals surface area contributed by atoms with Gasteiger partial charge in [0.25, 0.3) is 0 Å². The highest BCUT2D eigenvalue weighted by Gasteiger charge is 2.78. The minimum atomic E-state index is -1.15. The summed E-state index contributed by atoms with van der Waals surface area (Å²) in [6.45, 7) is 5.34. The number of hydrogen-bond acceptors (Lipinski definition) is 6. The van der Waals surface area contributed by atoms with Crippen molar-refractivity contribution in [3.63, 3.8) is 0 Å². The van der Waals surface area contributed by atoms with Crippen LogP contribution in [0.5, 0.6) is 0 Å². The molecule has 0 aromatic heterocycles. The lowest BCUT2D eigenvalue weighted by atomic mass is 9.66. The lowest BCUT2D eigenvalue weighted by Gasteiger charge is -2.36. The number of benzene rings is 2. The van der Waals surface area contributed by atoms with Crippen molar-refractivity contribution in [1.82, 2.24) is 4.90 Å². The molecule has 3 fully saturated rings. The average Bonchev–Trinajstić information content (AvgIpc) is 3.41. The second-order valence-corrected chi connectivity index (χ2v) is 10.0. The molecule has 3 aliphatic heterocycles. The fourth-order valence-electron chi connectivity index (χ4n) is 6.54. The Morgan fingerprint density at radius 1 is 1.20 bits per heavy atom. The van der Waals surface area contributed by atoms with Crippen LogP contribution in [0, 0.1) is 11.8 Å². The van der Waals surface area contributed by atoms with Gasteiger partial charge in [-0.3, -0.25) is 14.4 Å². The number of fused-ring (bicyclic) bond motifs is 2. The number of rotatable bonds is 7. The molecular weight excluding hydrogens is 448 g/mol. The molecule has 8 nitrogen and oxygen atoms in total. The number of esters is 1. The summed E-state index contributed by atoms with van der Waals surface area (Å²) in [4.78, 5) is 42.3. The van der Waals surface area contributed by atoms with Crippen LogP contribution in [-0.4, -0.2) is 64.3 Å². The first kappa shape index (κ1) is 23.8. The number of ether oxygens (including phenoxy) is 2. The molecular formula is C27H32N2O6. The molecule has 6 atom stereocenters. The molecule has 3 saturated heterocycles. The van der Waals surface area contributed by atoms with Gasteiger partial charge in [0.05, 0.1) is 30.8 Å². The van der Waals surface area contributed by atoms with Crippen LogP contribution in [0.3, 0.4) is 0 Å². The molecule has 35 heavy (non-hydrogen) atoms.